The lowest BCUT2D eigenvalue weighted by Gasteiger charge is -2.01. The van der Waals surface area contributed by atoms with E-state index < -0.39 is 10.8 Å². The van der Waals surface area contributed by atoms with Crippen molar-refractivity contribution >= 4 is 28.8 Å². The summed E-state index contributed by atoms with van der Waals surface area (Å²) < 4.78 is 15.9. The van der Waals surface area contributed by atoms with E-state index in [2.05, 4.69) is 10.5 Å². The molecule has 1 amide bonds. The summed E-state index contributed by atoms with van der Waals surface area (Å²) in [6.45, 7) is 1.77. The maximum Gasteiger partial charge on any atom is 0.307 e. The molecule has 1 aliphatic heterocycles. The Morgan fingerprint density at radius 2 is 2.00 bits per heavy atom. The lowest BCUT2D eigenvalue weighted by molar-refractivity contribution is -0.385. The van der Waals surface area contributed by atoms with Gasteiger partial charge in [-0.05, 0) is 19.1 Å². The third-order valence-electron chi connectivity index (χ3n) is 4.14. The molecule has 0 aliphatic carbocycles. The van der Waals surface area contributed by atoms with Gasteiger partial charge in [0.1, 0.15) is 5.58 Å². The molecule has 0 saturated heterocycles. The molecule has 1 N–H and O–H groups in total. The molecule has 1 aliphatic rings. The van der Waals surface area contributed by atoms with Crippen molar-refractivity contribution in [1.29, 1.82) is 0 Å². The number of carbonyl (C=O) groups is 1. The van der Waals surface area contributed by atoms with Crippen LogP contribution >= 0.6 is 0 Å². The van der Waals surface area contributed by atoms with Crippen LogP contribution in [0.3, 0.4) is 0 Å². The zero-order valence-electron chi connectivity index (χ0n) is 14.1. The second-order valence-corrected chi connectivity index (χ2v) is 5.77. The fourth-order valence-electron chi connectivity index (χ4n) is 2.81. The van der Waals surface area contributed by atoms with Gasteiger partial charge in [0.25, 0.3) is 5.69 Å². The van der Waals surface area contributed by atoms with E-state index in [4.69, 9.17) is 13.9 Å². The highest BCUT2D eigenvalue weighted by atomic mass is 16.7. The van der Waals surface area contributed by atoms with Crippen LogP contribution in [0.15, 0.2) is 45.9 Å². The van der Waals surface area contributed by atoms with E-state index in [-0.39, 0.29) is 23.8 Å². The van der Waals surface area contributed by atoms with Crippen LogP contribution in [0.2, 0.25) is 0 Å². The Bertz CT molecular complexity index is 1100. The number of para-hydroxylation sites is 1. The Balaban J connectivity index is 1.58. The maximum absolute atomic E-state index is 12.3. The lowest BCUT2D eigenvalue weighted by atomic mass is 10.1. The molecule has 2 heterocycles. The number of nitro groups is 1. The molecule has 3 aromatic rings. The van der Waals surface area contributed by atoms with E-state index in [1.165, 1.54) is 18.3 Å². The molecule has 0 atom stereocenters. The van der Waals surface area contributed by atoms with Crippen molar-refractivity contribution in [3.63, 3.8) is 0 Å². The molecule has 0 saturated carbocycles. The summed E-state index contributed by atoms with van der Waals surface area (Å²) in [5, 5.41) is 15.9. The van der Waals surface area contributed by atoms with Gasteiger partial charge in [0.15, 0.2) is 17.3 Å². The second kappa shape index (κ2) is 6.45. The molecule has 136 valence electrons. The van der Waals surface area contributed by atoms with Gasteiger partial charge in [-0.15, -0.1) is 0 Å². The summed E-state index contributed by atoms with van der Waals surface area (Å²) in [6, 6.07) is 9.97. The lowest BCUT2D eigenvalue weighted by Crippen LogP contribution is -2.17. The second-order valence-electron chi connectivity index (χ2n) is 5.77. The van der Waals surface area contributed by atoms with Crippen LogP contribution in [0.4, 0.5) is 5.69 Å². The Morgan fingerprint density at radius 3 is 2.74 bits per heavy atom. The topological polar surface area (TPSA) is 116 Å². The maximum atomic E-state index is 12.3. The first kappa shape index (κ1) is 16.6. The first-order valence-electron chi connectivity index (χ1n) is 7.94. The van der Waals surface area contributed by atoms with Gasteiger partial charge < -0.3 is 13.9 Å². The van der Waals surface area contributed by atoms with E-state index in [1.54, 1.807) is 13.0 Å². The van der Waals surface area contributed by atoms with Crippen molar-refractivity contribution in [2.75, 3.05) is 6.79 Å². The van der Waals surface area contributed by atoms with Crippen molar-refractivity contribution < 1.29 is 23.6 Å². The minimum Gasteiger partial charge on any atom is -0.454 e. The summed E-state index contributed by atoms with van der Waals surface area (Å²) in [5.74, 6) is 0.249. The standard InChI is InChI=1S/C18H13N3O6/c1-10-12-4-2-3-5-14(12)27-17(10)18(22)20-19-8-11-6-15-16(26-9-25-15)7-13(11)21(23)24/h2-8H,9H2,1H3,(H,20,22)/b19-8-. The van der Waals surface area contributed by atoms with Crippen molar-refractivity contribution in [1.82, 2.24) is 5.43 Å². The number of hydrazone groups is 1. The Labute approximate surface area is 152 Å². The zero-order valence-corrected chi connectivity index (χ0v) is 14.1. The quantitative estimate of drug-likeness (QED) is 0.430. The number of carbonyl (C=O) groups excluding carboxylic acids is 1. The smallest absolute Gasteiger partial charge is 0.307 e. The first-order valence-corrected chi connectivity index (χ1v) is 7.94. The minimum atomic E-state index is -0.561. The SMILES string of the molecule is Cc1c(C(=O)N/N=C\c2cc3c(cc2[N+](=O)[O-])OCO3)oc2ccccc12. The molecular formula is C18H13N3O6. The van der Waals surface area contributed by atoms with Crippen LogP contribution in [-0.4, -0.2) is 23.8 Å². The van der Waals surface area contributed by atoms with E-state index in [0.29, 0.717) is 22.6 Å². The van der Waals surface area contributed by atoms with Crippen molar-refractivity contribution in [2.45, 2.75) is 6.92 Å². The van der Waals surface area contributed by atoms with Crippen molar-refractivity contribution in [3.05, 3.63) is 63.4 Å². The van der Waals surface area contributed by atoms with Crippen LogP contribution < -0.4 is 14.9 Å². The van der Waals surface area contributed by atoms with Gasteiger partial charge in [-0.3, -0.25) is 14.9 Å². The molecular weight excluding hydrogens is 354 g/mol. The molecule has 2 aromatic carbocycles. The number of ether oxygens (including phenoxy) is 2. The van der Waals surface area contributed by atoms with E-state index >= 15 is 0 Å². The van der Waals surface area contributed by atoms with Gasteiger partial charge in [-0.25, -0.2) is 5.43 Å². The van der Waals surface area contributed by atoms with Gasteiger partial charge in [-0.2, -0.15) is 5.10 Å². The first-order chi connectivity index (χ1) is 13.0. The van der Waals surface area contributed by atoms with E-state index in [9.17, 15) is 14.9 Å². The van der Waals surface area contributed by atoms with Gasteiger partial charge >= 0.3 is 5.91 Å². The molecule has 4 rings (SSSR count). The molecule has 1 aromatic heterocycles. The average Bonchev–Trinajstić information content (AvgIpc) is 3.25. The predicted molar refractivity (Wildman–Crippen MR) is 95.2 cm³/mol. The highest BCUT2D eigenvalue weighted by Crippen LogP contribution is 2.37. The largest absolute Gasteiger partial charge is 0.454 e. The number of rotatable bonds is 4. The minimum absolute atomic E-state index is 0.00481. The van der Waals surface area contributed by atoms with Crippen LogP contribution in [-0.2, 0) is 0 Å². The normalized spacial score (nSPS) is 12.6. The number of furan rings is 1. The van der Waals surface area contributed by atoms with Gasteiger partial charge in [0, 0.05) is 10.9 Å². The van der Waals surface area contributed by atoms with Gasteiger partial charge in [0.05, 0.1) is 22.8 Å². The molecule has 0 fully saturated rings. The number of hydrogen-bond acceptors (Lipinski definition) is 7. The summed E-state index contributed by atoms with van der Waals surface area (Å²) in [4.78, 5) is 23.0. The number of aryl methyl sites for hydroxylation is 1. The summed E-state index contributed by atoms with van der Waals surface area (Å²) in [7, 11) is 0. The fraction of sp³-hybridized carbons (Fsp3) is 0.111. The number of hydrogen-bond donors (Lipinski definition) is 1. The number of amides is 1. The highest BCUT2D eigenvalue weighted by Gasteiger charge is 2.23. The molecule has 9 nitrogen and oxygen atoms in total. The van der Waals surface area contributed by atoms with E-state index in [0.717, 1.165) is 5.39 Å². The Kier molecular flexibility index (Phi) is 3.96. The van der Waals surface area contributed by atoms with Crippen LogP contribution in [0.1, 0.15) is 21.7 Å². The number of nitro benzene ring substituents is 1. The summed E-state index contributed by atoms with van der Waals surface area (Å²) in [5.41, 5.74) is 3.57. The zero-order chi connectivity index (χ0) is 19.0. The summed E-state index contributed by atoms with van der Waals surface area (Å²) in [6.07, 6.45) is 1.18. The average molecular weight is 367 g/mol. The third kappa shape index (κ3) is 2.95. The molecule has 0 bridgehead atoms. The van der Waals surface area contributed by atoms with Crippen LogP contribution in [0, 0.1) is 17.0 Å². The monoisotopic (exact) mass is 367 g/mol. The third-order valence-corrected chi connectivity index (χ3v) is 4.14. The predicted octanol–water partition coefficient (Wildman–Crippen LogP) is 3.14. The molecule has 27 heavy (non-hydrogen) atoms. The molecule has 0 unspecified atom stereocenters. The molecule has 0 radical (unpaired) electrons. The van der Waals surface area contributed by atoms with Crippen LogP contribution in [0.25, 0.3) is 11.0 Å². The fourth-order valence-corrected chi connectivity index (χ4v) is 2.81. The Morgan fingerprint density at radius 1 is 1.26 bits per heavy atom. The van der Waals surface area contributed by atoms with E-state index in [1.807, 2.05) is 18.2 Å². The summed E-state index contributed by atoms with van der Waals surface area (Å²) >= 11 is 0. The number of fused-ring (bicyclic) bond motifs is 2. The van der Waals surface area contributed by atoms with Crippen molar-refractivity contribution in [3.8, 4) is 11.5 Å². The molecule has 9 heteroatoms. The van der Waals surface area contributed by atoms with Gasteiger partial charge in [0.2, 0.25) is 6.79 Å². The number of nitrogens with one attached hydrogen (secondary N) is 1. The van der Waals surface area contributed by atoms with Gasteiger partial charge in [-0.1, -0.05) is 18.2 Å². The number of benzene rings is 2. The highest BCUT2D eigenvalue weighted by molar-refractivity contribution is 5.99. The van der Waals surface area contributed by atoms with Crippen molar-refractivity contribution in [2.24, 2.45) is 5.10 Å². The Hall–Kier alpha value is -3.88. The number of nitrogens with zero attached hydrogens (tertiary/aromatic N) is 2. The van der Waals surface area contributed by atoms with Crippen LogP contribution in [0.5, 0.6) is 11.5 Å². The molecule has 0 spiro atoms.